The van der Waals surface area contributed by atoms with Gasteiger partial charge in [-0.3, -0.25) is 0 Å². The summed E-state index contributed by atoms with van der Waals surface area (Å²) < 4.78 is 3.55. The third-order valence-electron chi connectivity index (χ3n) is 3.33. The molecule has 1 amide bonds. The number of nitrogens with zero attached hydrogens (tertiary/aromatic N) is 3. The molecule has 2 atom stereocenters. The lowest BCUT2D eigenvalue weighted by Gasteiger charge is -2.20. The van der Waals surface area contributed by atoms with Gasteiger partial charge in [0.15, 0.2) is 0 Å². The largest absolute Gasteiger partial charge is 0.416 e. The molecule has 1 aliphatic heterocycles. The van der Waals surface area contributed by atoms with E-state index in [0.717, 1.165) is 19.4 Å². The predicted octanol–water partition coefficient (Wildman–Crippen LogP) is 1.40. The fourth-order valence-electron chi connectivity index (χ4n) is 2.48. The van der Waals surface area contributed by atoms with E-state index < -0.39 is 0 Å². The zero-order chi connectivity index (χ0) is 11.7. The van der Waals surface area contributed by atoms with Crippen LogP contribution >= 0.6 is 0 Å². The molecule has 2 heterocycles. The van der Waals surface area contributed by atoms with Crippen molar-refractivity contribution in [2.24, 2.45) is 13.0 Å². The van der Waals surface area contributed by atoms with E-state index in [0.29, 0.717) is 12.0 Å². The van der Waals surface area contributed by atoms with Gasteiger partial charge in [-0.25, -0.2) is 9.36 Å². The van der Waals surface area contributed by atoms with Crippen molar-refractivity contribution in [1.82, 2.24) is 9.47 Å². The zero-order valence-corrected chi connectivity index (χ0v) is 10.3. The Labute approximate surface area is 96.5 Å². The number of likely N-dealkylation sites (tertiary alicyclic amines) is 1. The summed E-state index contributed by atoms with van der Waals surface area (Å²) in [5, 5.41) is 0. The van der Waals surface area contributed by atoms with Gasteiger partial charge in [-0.1, -0.05) is 13.8 Å². The Balaban J connectivity index is 2.15. The molecule has 1 fully saturated rings. The molecule has 0 spiro atoms. The van der Waals surface area contributed by atoms with Gasteiger partial charge in [-0.15, -0.1) is 0 Å². The summed E-state index contributed by atoms with van der Waals surface area (Å²) in [5.41, 5.74) is 0. The summed E-state index contributed by atoms with van der Waals surface area (Å²) in [4.78, 5) is 14.3. The predicted molar refractivity (Wildman–Crippen MR) is 61.0 cm³/mol. The summed E-state index contributed by atoms with van der Waals surface area (Å²) >= 11 is 0. The Kier molecular flexibility index (Phi) is 2.99. The van der Waals surface area contributed by atoms with E-state index in [1.807, 2.05) is 35.2 Å². The van der Waals surface area contributed by atoms with Gasteiger partial charge in [-0.05, 0) is 18.8 Å². The van der Waals surface area contributed by atoms with Gasteiger partial charge in [0.2, 0.25) is 0 Å². The Morgan fingerprint density at radius 1 is 1.56 bits per heavy atom. The molecular formula is C12H20N3O+. The molecule has 1 aliphatic rings. The highest BCUT2D eigenvalue weighted by molar-refractivity contribution is 5.77. The number of hydrogen-bond donors (Lipinski definition) is 0. The number of aromatic nitrogens is 2. The van der Waals surface area contributed by atoms with Crippen LogP contribution in [0.4, 0.5) is 4.79 Å². The first-order valence-corrected chi connectivity index (χ1v) is 5.96. The summed E-state index contributed by atoms with van der Waals surface area (Å²) in [7, 11) is 1.92. The van der Waals surface area contributed by atoms with Crippen molar-refractivity contribution < 1.29 is 9.36 Å². The number of imidazole rings is 1. The van der Waals surface area contributed by atoms with Gasteiger partial charge in [0.1, 0.15) is 12.4 Å². The molecule has 2 rings (SSSR count). The summed E-state index contributed by atoms with van der Waals surface area (Å²) in [6.07, 6.45) is 7.70. The van der Waals surface area contributed by atoms with E-state index in [4.69, 9.17) is 0 Å². The molecule has 0 aliphatic carbocycles. The highest BCUT2D eigenvalue weighted by Gasteiger charge is 2.34. The Morgan fingerprint density at radius 3 is 2.88 bits per heavy atom. The molecule has 0 bridgehead atoms. The van der Waals surface area contributed by atoms with Crippen LogP contribution in [0.15, 0.2) is 18.7 Å². The van der Waals surface area contributed by atoms with Crippen LogP contribution in [0.25, 0.3) is 0 Å². The fourth-order valence-corrected chi connectivity index (χ4v) is 2.48. The van der Waals surface area contributed by atoms with Crippen molar-refractivity contribution in [1.29, 1.82) is 0 Å². The molecule has 0 saturated carbocycles. The van der Waals surface area contributed by atoms with E-state index in [2.05, 4.69) is 13.8 Å². The second-order valence-electron chi connectivity index (χ2n) is 4.82. The van der Waals surface area contributed by atoms with Crippen LogP contribution in [0.1, 0.15) is 26.7 Å². The SMILES string of the molecule is CCC1CC(C)CN1C(=O)n1cc[n+](C)c1. The Morgan fingerprint density at radius 2 is 2.31 bits per heavy atom. The van der Waals surface area contributed by atoms with Gasteiger partial charge in [-0.2, -0.15) is 4.57 Å². The highest BCUT2D eigenvalue weighted by atomic mass is 16.2. The van der Waals surface area contributed by atoms with Gasteiger partial charge in [0, 0.05) is 12.6 Å². The third kappa shape index (κ3) is 1.96. The van der Waals surface area contributed by atoms with Crippen molar-refractivity contribution >= 4 is 6.03 Å². The molecule has 88 valence electrons. The second-order valence-corrected chi connectivity index (χ2v) is 4.82. The van der Waals surface area contributed by atoms with E-state index in [-0.39, 0.29) is 6.03 Å². The third-order valence-corrected chi connectivity index (χ3v) is 3.33. The number of aryl methyl sites for hydroxylation is 1. The summed E-state index contributed by atoms with van der Waals surface area (Å²) in [6.45, 7) is 5.25. The number of hydrogen-bond acceptors (Lipinski definition) is 1. The smallest absolute Gasteiger partial charge is 0.301 e. The van der Waals surface area contributed by atoms with Gasteiger partial charge in [0.25, 0.3) is 6.33 Å². The van der Waals surface area contributed by atoms with Crippen molar-refractivity contribution in [3.8, 4) is 0 Å². The monoisotopic (exact) mass is 222 g/mol. The normalized spacial score (nSPS) is 25.1. The molecule has 1 aromatic rings. The molecule has 2 unspecified atom stereocenters. The minimum Gasteiger partial charge on any atom is -0.301 e. The lowest BCUT2D eigenvalue weighted by Crippen LogP contribution is -2.38. The summed E-state index contributed by atoms with van der Waals surface area (Å²) in [6, 6.07) is 0.520. The lowest BCUT2D eigenvalue weighted by atomic mass is 10.1. The van der Waals surface area contributed by atoms with Gasteiger partial charge >= 0.3 is 6.03 Å². The van der Waals surface area contributed by atoms with Crippen LogP contribution in [0.2, 0.25) is 0 Å². The quantitative estimate of drug-likeness (QED) is 0.660. The maximum atomic E-state index is 12.3. The first kappa shape index (κ1) is 11.2. The minimum atomic E-state index is 0.108. The average molecular weight is 222 g/mol. The molecule has 16 heavy (non-hydrogen) atoms. The number of carbonyl (C=O) groups is 1. The summed E-state index contributed by atoms with van der Waals surface area (Å²) in [5.74, 6) is 0.623. The van der Waals surface area contributed by atoms with E-state index >= 15 is 0 Å². The van der Waals surface area contributed by atoms with Crippen LogP contribution in [-0.2, 0) is 7.05 Å². The first-order chi connectivity index (χ1) is 7.61. The van der Waals surface area contributed by atoms with Crippen molar-refractivity contribution in [2.45, 2.75) is 32.7 Å². The van der Waals surface area contributed by atoms with E-state index in [1.165, 1.54) is 0 Å². The minimum absolute atomic E-state index is 0.108. The molecule has 0 radical (unpaired) electrons. The lowest BCUT2D eigenvalue weighted by molar-refractivity contribution is -0.670. The van der Waals surface area contributed by atoms with Crippen molar-refractivity contribution in [3.63, 3.8) is 0 Å². The van der Waals surface area contributed by atoms with E-state index in [9.17, 15) is 4.79 Å². The van der Waals surface area contributed by atoms with Gasteiger partial charge < -0.3 is 4.90 Å². The number of amides is 1. The van der Waals surface area contributed by atoms with Crippen LogP contribution in [-0.4, -0.2) is 28.1 Å². The molecule has 4 heteroatoms. The second kappa shape index (κ2) is 4.28. The molecule has 1 aromatic heterocycles. The molecule has 1 saturated heterocycles. The fraction of sp³-hybridized carbons (Fsp3) is 0.667. The highest BCUT2D eigenvalue weighted by Crippen LogP contribution is 2.25. The standard InChI is InChI=1S/C12H20N3O/c1-4-11-7-10(2)8-15(11)12(16)14-6-5-13(3)9-14/h5-6,9-11H,4,7-8H2,1-3H3/q+1. The van der Waals surface area contributed by atoms with Crippen LogP contribution < -0.4 is 4.57 Å². The first-order valence-electron chi connectivity index (χ1n) is 5.96. The maximum absolute atomic E-state index is 12.3. The molecule has 4 nitrogen and oxygen atoms in total. The van der Waals surface area contributed by atoms with Crippen LogP contribution in [0, 0.1) is 5.92 Å². The number of carbonyl (C=O) groups excluding carboxylic acids is 1. The molecule has 0 aromatic carbocycles. The number of rotatable bonds is 1. The van der Waals surface area contributed by atoms with Crippen LogP contribution in [0.3, 0.4) is 0 Å². The van der Waals surface area contributed by atoms with Gasteiger partial charge in [0.05, 0.1) is 7.05 Å². The van der Waals surface area contributed by atoms with Crippen molar-refractivity contribution in [2.75, 3.05) is 6.54 Å². The maximum Gasteiger partial charge on any atom is 0.416 e. The van der Waals surface area contributed by atoms with Crippen LogP contribution in [0.5, 0.6) is 0 Å². The Hall–Kier alpha value is -1.32. The topological polar surface area (TPSA) is 29.1 Å². The van der Waals surface area contributed by atoms with Crippen molar-refractivity contribution in [3.05, 3.63) is 18.7 Å². The molecule has 0 N–H and O–H groups in total. The Bertz CT molecular complexity index is 385. The zero-order valence-electron chi connectivity index (χ0n) is 10.3. The molecular weight excluding hydrogens is 202 g/mol. The average Bonchev–Trinajstić information content (AvgIpc) is 2.83. The van der Waals surface area contributed by atoms with E-state index in [1.54, 1.807) is 4.57 Å².